The van der Waals surface area contributed by atoms with E-state index in [9.17, 15) is 14.4 Å². The minimum atomic E-state index is -1.17. The van der Waals surface area contributed by atoms with Crippen molar-refractivity contribution in [2.24, 2.45) is 7.05 Å². The van der Waals surface area contributed by atoms with Gasteiger partial charge in [-0.25, -0.2) is 4.79 Å². The molecule has 7 heteroatoms. The Kier molecular flexibility index (Phi) is 3.35. The largest absolute Gasteiger partial charge is 0.492 e. The first-order valence-corrected chi connectivity index (χ1v) is 5.88. The third kappa shape index (κ3) is 1.97. The Balaban J connectivity index is 2.54. The molecule has 1 amide bonds. The van der Waals surface area contributed by atoms with E-state index in [1.165, 1.54) is 7.11 Å². The number of carbonyl (C=O) groups excluding carboxylic acids is 2. The molecule has 0 aliphatic heterocycles. The van der Waals surface area contributed by atoms with Crippen LogP contribution in [0.3, 0.4) is 0 Å². The summed E-state index contributed by atoms with van der Waals surface area (Å²) >= 11 is 0. The molecule has 0 aromatic carbocycles. The van der Waals surface area contributed by atoms with Crippen LogP contribution in [0.1, 0.15) is 32.1 Å². The van der Waals surface area contributed by atoms with Gasteiger partial charge in [-0.1, -0.05) is 0 Å². The first kappa shape index (κ1) is 13.9. The van der Waals surface area contributed by atoms with Crippen LogP contribution in [0, 0.1) is 6.92 Å². The molecule has 20 heavy (non-hydrogen) atoms. The summed E-state index contributed by atoms with van der Waals surface area (Å²) in [5, 5.41) is 10.9. The van der Waals surface area contributed by atoms with Crippen molar-refractivity contribution in [3.05, 3.63) is 34.3 Å². The number of hydrogen-bond donors (Lipinski definition) is 2. The van der Waals surface area contributed by atoms with Gasteiger partial charge in [-0.3, -0.25) is 9.59 Å². The van der Waals surface area contributed by atoms with Crippen LogP contribution in [-0.4, -0.2) is 34.4 Å². The van der Waals surface area contributed by atoms with Crippen molar-refractivity contribution in [2.75, 3.05) is 7.11 Å². The molecule has 0 unspecified atom stereocenters. The second-order valence-electron chi connectivity index (χ2n) is 4.42. The van der Waals surface area contributed by atoms with Gasteiger partial charge in [-0.15, -0.1) is 0 Å². The highest BCUT2D eigenvalue weighted by Gasteiger charge is 2.33. The Morgan fingerprint density at radius 3 is 2.65 bits per heavy atom. The minimum absolute atomic E-state index is 0.00561. The molecule has 1 heterocycles. The van der Waals surface area contributed by atoms with Crippen molar-refractivity contribution in [3.8, 4) is 0 Å². The molecule has 0 saturated heterocycles. The van der Waals surface area contributed by atoms with E-state index < -0.39 is 6.09 Å². The standard InChI is InChI=1S/C13H14N2O5/c1-6-7(5-14-13(18)19)15(2)11-8(16)4-9(20-3)12(17)10(6)11/h4,14H,5H2,1-3H3,(H,18,19). The van der Waals surface area contributed by atoms with Crippen molar-refractivity contribution in [2.45, 2.75) is 13.5 Å². The highest BCUT2D eigenvalue weighted by molar-refractivity contribution is 6.24. The summed E-state index contributed by atoms with van der Waals surface area (Å²) in [5.74, 6) is -0.700. The van der Waals surface area contributed by atoms with Gasteiger partial charge in [0, 0.05) is 18.8 Å². The number of rotatable bonds is 3. The Bertz CT molecular complexity index is 654. The molecule has 0 radical (unpaired) electrons. The molecule has 1 aromatic heterocycles. The van der Waals surface area contributed by atoms with Crippen LogP contribution in [0.15, 0.2) is 11.8 Å². The Morgan fingerprint density at radius 2 is 2.10 bits per heavy atom. The lowest BCUT2D eigenvalue weighted by molar-refractivity contribution is 0.0913. The van der Waals surface area contributed by atoms with E-state index in [1.807, 2.05) is 0 Å². The Hall–Kier alpha value is -2.57. The topological polar surface area (TPSA) is 97.6 Å². The second kappa shape index (κ2) is 4.84. The van der Waals surface area contributed by atoms with Crippen molar-refractivity contribution in [1.82, 2.24) is 9.88 Å². The summed E-state index contributed by atoms with van der Waals surface area (Å²) in [4.78, 5) is 34.9. The fourth-order valence-corrected chi connectivity index (χ4v) is 2.38. The van der Waals surface area contributed by atoms with Crippen molar-refractivity contribution in [1.29, 1.82) is 0 Å². The number of aromatic nitrogens is 1. The van der Waals surface area contributed by atoms with Crippen LogP contribution in [0.4, 0.5) is 4.79 Å². The van der Waals surface area contributed by atoms with E-state index in [-0.39, 0.29) is 35.1 Å². The Labute approximate surface area is 114 Å². The fourth-order valence-electron chi connectivity index (χ4n) is 2.38. The quantitative estimate of drug-likeness (QED) is 0.860. The van der Waals surface area contributed by atoms with E-state index in [0.717, 1.165) is 6.08 Å². The molecular weight excluding hydrogens is 264 g/mol. The van der Waals surface area contributed by atoms with Crippen LogP contribution >= 0.6 is 0 Å². The van der Waals surface area contributed by atoms with Gasteiger partial charge in [0.25, 0.3) is 0 Å². The lowest BCUT2D eigenvalue weighted by atomic mass is 9.97. The van der Waals surface area contributed by atoms with Crippen LogP contribution in [0.25, 0.3) is 0 Å². The molecule has 0 bridgehead atoms. The lowest BCUT2D eigenvalue weighted by Crippen LogP contribution is -2.22. The summed E-state index contributed by atoms with van der Waals surface area (Å²) in [6.07, 6.45) is -0.0182. The van der Waals surface area contributed by atoms with Crippen molar-refractivity contribution < 1.29 is 24.2 Å². The average Bonchev–Trinajstić information content (AvgIpc) is 2.64. The first-order valence-electron chi connectivity index (χ1n) is 5.88. The summed E-state index contributed by atoms with van der Waals surface area (Å²) in [5.41, 5.74) is 1.69. The normalized spacial score (nSPS) is 13.8. The van der Waals surface area contributed by atoms with Gasteiger partial charge in [0.1, 0.15) is 5.69 Å². The number of allylic oxidation sites excluding steroid dienone is 2. The number of hydrogen-bond acceptors (Lipinski definition) is 4. The highest BCUT2D eigenvalue weighted by atomic mass is 16.5. The number of carbonyl (C=O) groups is 3. The molecule has 2 N–H and O–H groups in total. The predicted octanol–water partition coefficient (Wildman–Crippen LogP) is 1.01. The summed E-state index contributed by atoms with van der Waals surface area (Å²) < 4.78 is 6.45. The van der Waals surface area contributed by atoms with Crippen molar-refractivity contribution in [3.63, 3.8) is 0 Å². The highest BCUT2D eigenvalue weighted by Crippen LogP contribution is 2.29. The maximum absolute atomic E-state index is 12.2. The molecule has 0 atom stereocenters. The number of nitrogens with one attached hydrogen (secondary N) is 1. The van der Waals surface area contributed by atoms with E-state index in [2.05, 4.69) is 5.32 Å². The minimum Gasteiger partial charge on any atom is -0.492 e. The smallest absolute Gasteiger partial charge is 0.404 e. The molecule has 2 rings (SSSR count). The van der Waals surface area contributed by atoms with Gasteiger partial charge in [0.15, 0.2) is 5.76 Å². The van der Waals surface area contributed by atoms with Crippen molar-refractivity contribution >= 4 is 17.7 Å². The van der Waals surface area contributed by atoms with Gasteiger partial charge in [-0.2, -0.15) is 0 Å². The monoisotopic (exact) mass is 278 g/mol. The zero-order valence-electron chi connectivity index (χ0n) is 11.3. The molecular formula is C13H14N2O5. The molecule has 0 fully saturated rings. The number of carboxylic acid groups (broad SMARTS) is 1. The fraction of sp³-hybridized carbons (Fsp3) is 0.308. The van der Waals surface area contributed by atoms with E-state index in [0.29, 0.717) is 11.3 Å². The number of ether oxygens (including phenoxy) is 1. The average molecular weight is 278 g/mol. The SMILES string of the molecule is COC1=CC(=O)c2c(c(C)c(CNC(=O)O)n2C)C1=O. The molecule has 1 aliphatic carbocycles. The maximum Gasteiger partial charge on any atom is 0.404 e. The first-order chi connectivity index (χ1) is 9.38. The predicted molar refractivity (Wildman–Crippen MR) is 68.8 cm³/mol. The van der Waals surface area contributed by atoms with E-state index in [4.69, 9.17) is 9.84 Å². The molecule has 1 aromatic rings. The number of methoxy groups -OCH3 is 1. The van der Waals surface area contributed by atoms with Crippen LogP contribution in [0.2, 0.25) is 0 Å². The molecule has 0 saturated carbocycles. The number of Topliss-reactive ketones (excluding diaryl/α,β-unsaturated/α-hetero) is 1. The second-order valence-corrected chi connectivity index (χ2v) is 4.42. The van der Waals surface area contributed by atoms with E-state index >= 15 is 0 Å². The van der Waals surface area contributed by atoms with Crippen LogP contribution in [-0.2, 0) is 18.3 Å². The maximum atomic E-state index is 12.2. The summed E-state index contributed by atoms with van der Waals surface area (Å²) in [6.45, 7) is 1.70. The van der Waals surface area contributed by atoms with Gasteiger partial charge in [-0.05, 0) is 12.5 Å². The number of amides is 1. The molecule has 1 aliphatic rings. The summed E-state index contributed by atoms with van der Waals surface area (Å²) in [7, 11) is 2.95. The van der Waals surface area contributed by atoms with E-state index in [1.54, 1.807) is 18.5 Å². The zero-order chi connectivity index (χ0) is 15.0. The van der Waals surface area contributed by atoms with Crippen LogP contribution < -0.4 is 5.32 Å². The summed E-state index contributed by atoms with van der Waals surface area (Å²) in [6, 6.07) is 0. The zero-order valence-corrected chi connectivity index (χ0v) is 11.3. The third-order valence-electron chi connectivity index (χ3n) is 3.36. The van der Waals surface area contributed by atoms with Crippen LogP contribution in [0.5, 0.6) is 0 Å². The number of ketones is 2. The van der Waals surface area contributed by atoms with Gasteiger partial charge >= 0.3 is 6.09 Å². The van der Waals surface area contributed by atoms with Gasteiger partial charge in [0.05, 0.1) is 19.2 Å². The number of fused-ring (bicyclic) bond motifs is 1. The lowest BCUT2D eigenvalue weighted by Gasteiger charge is -2.12. The van der Waals surface area contributed by atoms with Gasteiger partial charge in [0.2, 0.25) is 11.6 Å². The molecule has 106 valence electrons. The third-order valence-corrected chi connectivity index (χ3v) is 3.36. The molecule has 7 nitrogen and oxygen atoms in total. The molecule has 0 spiro atoms. The van der Waals surface area contributed by atoms with Gasteiger partial charge < -0.3 is 19.7 Å². The number of nitrogens with zero attached hydrogens (tertiary/aromatic N) is 1. The Morgan fingerprint density at radius 1 is 1.45 bits per heavy atom.